The molecule has 0 radical (unpaired) electrons. The molecule has 0 aromatic heterocycles. The van der Waals surface area contributed by atoms with Gasteiger partial charge in [-0.3, -0.25) is 4.79 Å². The van der Waals surface area contributed by atoms with Gasteiger partial charge in [-0.15, -0.1) is 0 Å². The molecule has 0 saturated heterocycles. The zero-order chi connectivity index (χ0) is 14.5. The topological polar surface area (TPSA) is 46.3 Å². The molecule has 1 aliphatic rings. The van der Waals surface area contributed by atoms with Crippen LogP contribution in [0.15, 0.2) is 18.2 Å². The van der Waals surface area contributed by atoms with Crippen molar-refractivity contribution in [2.24, 2.45) is 5.73 Å². The van der Waals surface area contributed by atoms with Crippen molar-refractivity contribution in [3.63, 3.8) is 0 Å². The zero-order valence-corrected chi connectivity index (χ0v) is 12.3. The van der Waals surface area contributed by atoms with Crippen LogP contribution < -0.4 is 5.73 Å². The first-order valence-electron chi connectivity index (χ1n) is 7.20. The molecule has 1 saturated carbocycles. The van der Waals surface area contributed by atoms with E-state index in [1.54, 1.807) is 0 Å². The number of carbonyl (C=O) groups excluding carboxylic acids is 1. The van der Waals surface area contributed by atoms with Gasteiger partial charge in [0, 0.05) is 24.2 Å². The second-order valence-corrected chi connectivity index (χ2v) is 5.39. The van der Waals surface area contributed by atoms with E-state index in [2.05, 4.69) is 11.8 Å². The second kappa shape index (κ2) is 6.58. The van der Waals surface area contributed by atoms with E-state index in [0.29, 0.717) is 18.2 Å². The Morgan fingerprint density at radius 3 is 2.75 bits per heavy atom. The van der Waals surface area contributed by atoms with Crippen molar-refractivity contribution in [2.45, 2.75) is 38.6 Å². The highest BCUT2D eigenvalue weighted by Gasteiger charge is 2.24. The van der Waals surface area contributed by atoms with Gasteiger partial charge in [-0.1, -0.05) is 30.7 Å². The summed E-state index contributed by atoms with van der Waals surface area (Å²) in [5.74, 6) is 5.97. The average molecular weight is 270 g/mol. The maximum Gasteiger partial charge on any atom is 0.253 e. The molecule has 3 nitrogen and oxygen atoms in total. The Hall–Kier alpha value is -1.79. The molecule has 1 aromatic carbocycles. The number of benzene rings is 1. The first-order valence-corrected chi connectivity index (χ1v) is 7.20. The fourth-order valence-corrected chi connectivity index (χ4v) is 2.70. The lowest BCUT2D eigenvalue weighted by Gasteiger charge is -2.24. The molecule has 20 heavy (non-hydrogen) atoms. The normalized spacial score (nSPS) is 14.8. The molecule has 0 bridgehead atoms. The van der Waals surface area contributed by atoms with E-state index in [4.69, 9.17) is 5.73 Å². The van der Waals surface area contributed by atoms with Gasteiger partial charge in [-0.25, -0.2) is 0 Å². The van der Waals surface area contributed by atoms with Crippen LogP contribution in [0.25, 0.3) is 0 Å². The van der Waals surface area contributed by atoms with Crippen LogP contribution in [0, 0.1) is 18.8 Å². The third-order valence-electron chi connectivity index (χ3n) is 4.00. The van der Waals surface area contributed by atoms with Crippen LogP contribution >= 0.6 is 0 Å². The van der Waals surface area contributed by atoms with E-state index in [-0.39, 0.29) is 5.91 Å². The monoisotopic (exact) mass is 270 g/mol. The highest BCUT2D eigenvalue weighted by molar-refractivity contribution is 5.94. The number of carbonyl (C=O) groups is 1. The van der Waals surface area contributed by atoms with Crippen molar-refractivity contribution in [3.8, 4) is 11.8 Å². The summed E-state index contributed by atoms with van der Waals surface area (Å²) in [5, 5.41) is 0. The second-order valence-electron chi connectivity index (χ2n) is 5.39. The van der Waals surface area contributed by atoms with Gasteiger partial charge in [0.25, 0.3) is 5.91 Å². The van der Waals surface area contributed by atoms with Gasteiger partial charge in [0.1, 0.15) is 0 Å². The van der Waals surface area contributed by atoms with E-state index in [1.807, 2.05) is 37.1 Å². The number of amides is 1. The molecule has 0 unspecified atom stereocenters. The highest BCUT2D eigenvalue weighted by atomic mass is 16.2. The minimum atomic E-state index is 0.0905. The Morgan fingerprint density at radius 1 is 1.40 bits per heavy atom. The molecule has 1 aromatic rings. The van der Waals surface area contributed by atoms with Gasteiger partial charge in [0.05, 0.1) is 6.54 Å². The Morgan fingerprint density at radius 2 is 2.10 bits per heavy atom. The number of aryl methyl sites for hydroxylation is 1. The van der Waals surface area contributed by atoms with Crippen molar-refractivity contribution in [1.29, 1.82) is 0 Å². The third-order valence-corrected chi connectivity index (χ3v) is 4.00. The maximum atomic E-state index is 12.5. The summed E-state index contributed by atoms with van der Waals surface area (Å²) in [5.41, 5.74) is 8.09. The van der Waals surface area contributed by atoms with Gasteiger partial charge in [0.15, 0.2) is 0 Å². The first-order chi connectivity index (χ1) is 9.63. The molecule has 1 fully saturated rings. The van der Waals surface area contributed by atoms with Crippen molar-refractivity contribution >= 4 is 5.91 Å². The van der Waals surface area contributed by atoms with Crippen LogP contribution in [0.1, 0.15) is 47.2 Å². The predicted molar refractivity (Wildman–Crippen MR) is 81.5 cm³/mol. The largest absolute Gasteiger partial charge is 0.339 e. The molecular formula is C17H22N2O. The number of hydrogen-bond acceptors (Lipinski definition) is 2. The van der Waals surface area contributed by atoms with Crippen LogP contribution in [0.5, 0.6) is 0 Å². The molecule has 0 atom stereocenters. The van der Waals surface area contributed by atoms with Crippen molar-refractivity contribution in [1.82, 2.24) is 4.90 Å². The van der Waals surface area contributed by atoms with Gasteiger partial charge in [-0.05, 0) is 37.5 Å². The van der Waals surface area contributed by atoms with E-state index < -0.39 is 0 Å². The first kappa shape index (κ1) is 14.6. The van der Waals surface area contributed by atoms with Crippen molar-refractivity contribution in [3.05, 3.63) is 34.9 Å². The van der Waals surface area contributed by atoms with Gasteiger partial charge in [0.2, 0.25) is 0 Å². The summed E-state index contributed by atoms with van der Waals surface area (Å²) < 4.78 is 0. The minimum Gasteiger partial charge on any atom is -0.339 e. The maximum absolute atomic E-state index is 12.5. The Labute approximate surface area is 121 Å². The van der Waals surface area contributed by atoms with Gasteiger partial charge < -0.3 is 10.6 Å². The summed E-state index contributed by atoms with van der Waals surface area (Å²) in [4.78, 5) is 14.4. The lowest BCUT2D eigenvalue weighted by atomic mass is 10.0. The van der Waals surface area contributed by atoms with Crippen molar-refractivity contribution in [2.75, 3.05) is 13.6 Å². The minimum absolute atomic E-state index is 0.0905. The standard InChI is InChI=1S/C17H22N2O/c1-13-9-10-15(12-14(13)6-5-11-18)17(20)19(2)16-7-3-4-8-16/h9-10,12,16H,3-4,7-8,11,18H2,1-2H3. The molecule has 1 amide bonds. The molecular weight excluding hydrogens is 248 g/mol. The fraction of sp³-hybridized carbons (Fsp3) is 0.471. The fourth-order valence-electron chi connectivity index (χ4n) is 2.70. The van der Waals surface area contributed by atoms with Crippen LogP contribution in [0.3, 0.4) is 0 Å². The van der Waals surface area contributed by atoms with E-state index in [0.717, 1.165) is 24.0 Å². The SMILES string of the molecule is Cc1ccc(C(=O)N(C)C2CCCC2)cc1C#CCN. The Balaban J connectivity index is 2.21. The summed E-state index contributed by atoms with van der Waals surface area (Å²) in [6.07, 6.45) is 4.69. The summed E-state index contributed by atoms with van der Waals surface area (Å²) >= 11 is 0. The molecule has 3 heteroatoms. The highest BCUT2D eigenvalue weighted by Crippen LogP contribution is 2.24. The quantitative estimate of drug-likeness (QED) is 0.838. The number of nitrogens with two attached hydrogens (primary N) is 1. The summed E-state index contributed by atoms with van der Waals surface area (Å²) in [6.45, 7) is 2.33. The van der Waals surface area contributed by atoms with E-state index in [1.165, 1.54) is 12.8 Å². The molecule has 2 N–H and O–H groups in total. The predicted octanol–water partition coefficient (Wildman–Crippen LogP) is 2.32. The van der Waals surface area contributed by atoms with E-state index in [9.17, 15) is 4.79 Å². The van der Waals surface area contributed by atoms with Crippen molar-refractivity contribution < 1.29 is 4.79 Å². The third kappa shape index (κ3) is 3.20. The molecule has 0 heterocycles. The molecule has 2 rings (SSSR count). The lowest BCUT2D eigenvalue weighted by Crippen LogP contribution is -2.35. The molecule has 106 valence electrons. The molecule has 1 aliphatic carbocycles. The number of nitrogens with zero attached hydrogens (tertiary/aromatic N) is 1. The summed E-state index contributed by atoms with van der Waals surface area (Å²) in [7, 11) is 1.91. The number of hydrogen-bond donors (Lipinski definition) is 1. The molecule has 0 spiro atoms. The number of rotatable bonds is 2. The Bertz CT molecular complexity index is 548. The smallest absolute Gasteiger partial charge is 0.253 e. The van der Waals surface area contributed by atoms with Gasteiger partial charge in [-0.2, -0.15) is 0 Å². The average Bonchev–Trinajstić information content (AvgIpc) is 2.99. The zero-order valence-electron chi connectivity index (χ0n) is 12.3. The Kier molecular flexibility index (Phi) is 4.81. The molecule has 0 aliphatic heterocycles. The van der Waals surface area contributed by atoms with Gasteiger partial charge >= 0.3 is 0 Å². The van der Waals surface area contributed by atoms with Crippen LogP contribution in [-0.4, -0.2) is 30.4 Å². The van der Waals surface area contributed by atoms with Crippen LogP contribution in [-0.2, 0) is 0 Å². The van der Waals surface area contributed by atoms with Crippen LogP contribution in [0.2, 0.25) is 0 Å². The lowest BCUT2D eigenvalue weighted by molar-refractivity contribution is 0.0735. The van der Waals surface area contributed by atoms with Crippen LogP contribution in [0.4, 0.5) is 0 Å². The summed E-state index contributed by atoms with van der Waals surface area (Å²) in [6, 6.07) is 6.11. The van der Waals surface area contributed by atoms with E-state index >= 15 is 0 Å².